The summed E-state index contributed by atoms with van der Waals surface area (Å²) in [4.78, 5) is 1.22. The first-order valence-electron chi connectivity index (χ1n) is 5.78. The van der Waals surface area contributed by atoms with Gasteiger partial charge < -0.3 is 10.1 Å². The zero-order valence-electron chi connectivity index (χ0n) is 10.3. The van der Waals surface area contributed by atoms with Gasteiger partial charge in [-0.05, 0) is 56.1 Å². The van der Waals surface area contributed by atoms with E-state index in [1.54, 1.807) is 11.3 Å². The number of ether oxygens (including phenoxy) is 1. The Hall–Kier alpha value is 0.410. The van der Waals surface area contributed by atoms with Crippen molar-refractivity contribution in [3.05, 3.63) is 46.9 Å². The third kappa shape index (κ3) is 5.00. The number of nitrogens with one attached hydrogen (secondary N) is 1. The van der Waals surface area contributed by atoms with Crippen molar-refractivity contribution in [1.82, 2.24) is 5.32 Å². The molecule has 0 aliphatic carbocycles. The second-order valence-corrected chi connectivity index (χ2v) is 8.35. The van der Waals surface area contributed by atoms with Gasteiger partial charge in [0.2, 0.25) is 0 Å². The molecule has 0 amide bonds. The molecule has 7 heteroatoms. The first-order valence-corrected chi connectivity index (χ1v) is 9.36. The fourth-order valence-corrected chi connectivity index (χ4v) is 5.10. The monoisotopic (exact) mass is 501 g/mol. The number of benzene rings is 1. The zero-order chi connectivity index (χ0) is 14.5. The minimum Gasteiger partial charge on any atom is -0.490 e. The second kappa shape index (κ2) is 8.15. The minimum atomic E-state index is 0.595. The molecule has 0 atom stereocenters. The first kappa shape index (κ1) is 16.8. The average molecular weight is 504 g/mol. The Kier molecular flexibility index (Phi) is 6.84. The number of hydrogen-bond donors (Lipinski definition) is 1. The molecule has 0 saturated carbocycles. The maximum atomic E-state index is 5.88. The van der Waals surface area contributed by atoms with Crippen molar-refractivity contribution < 1.29 is 4.74 Å². The van der Waals surface area contributed by atoms with E-state index < -0.39 is 0 Å². The quantitative estimate of drug-likeness (QED) is 0.498. The molecule has 0 spiro atoms. The van der Waals surface area contributed by atoms with E-state index in [2.05, 4.69) is 53.1 Å². The molecule has 1 aromatic carbocycles. The molecule has 1 N–H and O–H groups in total. The summed E-state index contributed by atoms with van der Waals surface area (Å²) in [6.07, 6.45) is 0. The van der Waals surface area contributed by atoms with E-state index in [-0.39, 0.29) is 0 Å². The van der Waals surface area contributed by atoms with Gasteiger partial charge in [-0.3, -0.25) is 0 Å². The van der Waals surface area contributed by atoms with Crippen LogP contribution in [0.3, 0.4) is 0 Å². The smallest absolute Gasteiger partial charge is 0.147 e. The van der Waals surface area contributed by atoms with Crippen molar-refractivity contribution >= 4 is 70.7 Å². The highest BCUT2D eigenvalue weighted by atomic mass is 79.9. The van der Waals surface area contributed by atoms with Crippen LogP contribution in [0.2, 0.25) is 4.34 Å². The van der Waals surface area contributed by atoms with E-state index in [1.807, 2.05) is 24.3 Å². The molecular weight excluding hydrogens is 493 g/mol. The Balaban J connectivity index is 1.76. The Morgan fingerprint density at radius 1 is 1.15 bits per heavy atom. The summed E-state index contributed by atoms with van der Waals surface area (Å²) in [6, 6.07) is 7.86. The molecule has 2 aromatic rings. The van der Waals surface area contributed by atoms with E-state index in [9.17, 15) is 0 Å². The van der Waals surface area contributed by atoms with Crippen LogP contribution >= 0.6 is 70.7 Å². The van der Waals surface area contributed by atoms with Crippen molar-refractivity contribution in [2.45, 2.75) is 6.54 Å². The predicted octanol–water partition coefficient (Wildman–Crippen LogP) is 5.86. The molecule has 2 rings (SSSR count). The van der Waals surface area contributed by atoms with Gasteiger partial charge >= 0.3 is 0 Å². The van der Waals surface area contributed by atoms with Crippen LogP contribution in [0.5, 0.6) is 5.75 Å². The van der Waals surface area contributed by atoms with Crippen LogP contribution < -0.4 is 10.1 Å². The van der Waals surface area contributed by atoms with Gasteiger partial charge in [0.15, 0.2) is 0 Å². The molecule has 0 unspecified atom stereocenters. The fourth-order valence-electron chi connectivity index (χ4n) is 1.55. The summed E-state index contributed by atoms with van der Waals surface area (Å²) >= 11 is 17.9. The maximum Gasteiger partial charge on any atom is 0.147 e. The Labute approximate surface area is 152 Å². The van der Waals surface area contributed by atoms with E-state index in [0.717, 1.165) is 36.6 Å². The highest BCUT2D eigenvalue weighted by molar-refractivity contribution is 9.11. The van der Waals surface area contributed by atoms with Gasteiger partial charge in [0.25, 0.3) is 0 Å². The Morgan fingerprint density at radius 2 is 1.85 bits per heavy atom. The number of halogens is 4. The lowest BCUT2D eigenvalue weighted by Crippen LogP contribution is -2.20. The summed E-state index contributed by atoms with van der Waals surface area (Å²) in [6.45, 7) is 2.17. The van der Waals surface area contributed by atoms with Crippen molar-refractivity contribution in [3.63, 3.8) is 0 Å². The third-order valence-electron chi connectivity index (χ3n) is 2.42. The lowest BCUT2D eigenvalue weighted by Gasteiger charge is -2.11. The van der Waals surface area contributed by atoms with Gasteiger partial charge in [-0.2, -0.15) is 0 Å². The molecule has 108 valence electrons. The molecule has 0 bridgehead atoms. The molecule has 0 radical (unpaired) electrons. The van der Waals surface area contributed by atoms with Gasteiger partial charge in [0, 0.05) is 22.4 Å². The Bertz CT molecular complexity index is 568. The SMILES string of the molecule is Clc1ccc(CNCCOc2c(Br)cc(Br)cc2Br)s1. The van der Waals surface area contributed by atoms with Crippen molar-refractivity contribution in [1.29, 1.82) is 0 Å². The van der Waals surface area contributed by atoms with E-state index in [0.29, 0.717) is 6.61 Å². The molecule has 20 heavy (non-hydrogen) atoms. The summed E-state index contributed by atoms with van der Waals surface area (Å²) in [7, 11) is 0. The molecule has 1 heterocycles. The molecule has 0 aliphatic rings. The first-order chi connectivity index (χ1) is 9.56. The van der Waals surface area contributed by atoms with Crippen molar-refractivity contribution in [2.75, 3.05) is 13.2 Å². The molecule has 0 fully saturated rings. The van der Waals surface area contributed by atoms with Crippen LogP contribution in [0.25, 0.3) is 0 Å². The highest BCUT2D eigenvalue weighted by Crippen LogP contribution is 2.36. The van der Waals surface area contributed by atoms with Crippen LogP contribution in [0.4, 0.5) is 0 Å². The lowest BCUT2D eigenvalue weighted by atomic mass is 10.3. The van der Waals surface area contributed by atoms with E-state index >= 15 is 0 Å². The molecule has 0 saturated heterocycles. The van der Waals surface area contributed by atoms with E-state index in [4.69, 9.17) is 16.3 Å². The molecule has 2 nitrogen and oxygen atoms in total. The minimum absolute atomic E-state index is 0.595. The van der Waals surface area contributed by atoms with Gasteiger partial charge in [0.1, 0.15) is 12.4 Å². The summed E-state index contributed by atoms with van der Waals surface area (Å²) in [5.74, 6) is 0.814. The molecule has 1 aromatic heterocycles. The number of thiophene rings is 1. The standard InChI is InChI=1S/C13H11Br3ClNOS/c14-8-5-10(15)13(11(16)6-8)19-4-3-18-7-9-1-2-12(17)20-9/h1-2,5-6,18H,3-4,7H2. The molecular formula is C13H11Br3ClNOS. The highest BCUT2D eigenvalue weighted by Gasteiger charge is 2.07. The summed E-state index contributed by atoms with van der Waals surface area (Å²) in [5, 5.41) is 3.32. The van der Waals surface area contributed by atoms with Gasteiger partial charge in [0.05, 0.1) is 13.3 Å². The van der Waals surface area contributed by atoms with Crippen LogP contribution in [0.1, 0.15) is 4.88 Å². The largest absolute Gasteiger partial charge is 0.490 e. The summed E-state index contributed by atoms with van der Waals surface area (Å²) < 4.78 is 9.42. The Morgan fingerprint density at radius 3 is 2.45 bits per heavy atom. The lowest BCUT2D eigenvalue weighted by molar-refractivity contribution is 0.310. The van der Waals surface area contributed by atoms with Crippen molar-refractivity contribution in [2.24, 2.45) is 0 Å². The zero-order valence-corrected chi connectivity index (χ0v) is 16.6. The van der Waals surface area contributed by atoms with Crippen LogP contribution in [-0.2, 0) is 6.54 Å². The normalized spacial score (nSPS) is 10.8. The van der Waals surface area contributed by atoms with Gasteiger partial charge in [-0.15, -0.1) is 11.3 Å². The molecule has 0 aliphatic heterocycles. The predicted molar refractivity (Wildman–Crippen MR) is 96.1 cm³/mol. The average Bonchev–Trinajstić information content (AvgIpc) is 2.77. The number of rotatable bonds is 6. The van der Waals surface area contributed by atoms with Gasteiger partial charge in [-0.25, -0.2) is 0 Å². The van der Waals surface area contributed by atoms with Crippen molar-refractivity contribution in [3.8, 4) is 5.75 Å². The fraction of sp³-hybridized carbons (Fsp3) is 0.231. The third-order valence-corrected chi connectivity index (χ3v) is 5.28. The maximum absolute atomic E-state index is 5.88. The van der Waals surface area contributed by atoms with Gasteiger partial charge in [-0.1, -0.05) is 27.5 Å². The summed E-state index contributed by atoms with van der Waals surface area (Å²) in [5.41, 5.74) is 0. The number of hydrogen-bond acceptors (Lipinski definition) is 3. The van der Waals surface area contributed by atoms with Crippen LogP contribution in [0, 0.1) is 0 Å². The van der Waals surface area contributed by atoms with Crippen LogP contribution in [0.15, 0.2) is 37.7 Å². The van der Waals surface area contributed by atoms with E-state index in [1.165, 1.54) is 4.88 Å². The van der Waals surface area contributed by atoms with Crippen LogP contribution in [-0.4, -0.2) is 13.2 Å². The topological polar surface area (TPSA) is 21.3 Å². The second-order valence-electron chi connectivity index (χ2n) is 3.93.